The van der Waals surface area contributed by atoms with Crippen molar-refractivity contribution in [1.29, 1.82) is 0 Å². The zero-order valence-corrected chi connectivity index (χ0v) is 16.4. The molecule has 152 valence electrons. The summed E-state index contributed by atoms with van der Waals surface area (Å²) in [4.78, 5) is 36.7. The van der Waals surface area contributed by atoms with Crippen LogP contribution in [0.15, 0.2) is 0 Å². The molecule has 0 bridgehead atoms. The highest BCUT2D eigenvalue weighted by atomic mass is 32.2. The predicted octanol–water partition coefficient (Wildman–Crippen LogP) is -2.94. The Bertz CT molecular complexity index is 452. The molecule has 0 aliphatic heterocycles. The monoisotopic (exact) mass is 392 g/mol. The van der Waals surface area contributed by atoms with Crippen LogP contribution in [-0.4, -0.2) is 79.3 Å². The summed E-state index contributed by atoms with van der Waals surface area (Å²) in [6.07, 6.45) is 1.35. The molecule has 0 aromatic carbocycles. The van der Waals surface area contributed by atoms with Crippen molar-refractivity contribution >= 4 is 29.5 Å². The molecule has 26 heavy (non-hydrogen) atoms. The molecule has 11 heteroatoms. The molecular weight excluding hydrogens is 360 g/mol. The Morgan fingerprint density at radius 1 is 1.00 bits per heavy atom. The summed E-state index contributed by atoms with van der Waals surface area (Å²) in [5.41, 5.74) is 11.0. The van der Waals surface area contributed by atoms with Crippen molar-refractivity contribution in [1.82, 2.24) is 21.3 Å². The van der Waals surface area contributed by atoms with E-state index in [-0.39, 0.29) is 13.0 Å². The molecule has 0 radical (unpaired) electrons. The maximum Gasteiger partial charge on any atom is 0.245 e. The number of carbonyl (C=O) groups is 3. The van der Waals surface area contributed by atoms with Crippen molar-refractivity contribution in [2.75, 3.05) is 32.3 Å². The highest BCUT2D eigenvalue weighted by molar-refractivity contribution is 7.98. The second kappa shape index (κ2) is 13.8. The fourth-order valence-corrected chi connectivity index (χ4v) is 2.57. The fourth-order valence-electron chi connectivity index (χ4n) is 2.21. The van der Waals surface area contributed by atoms with Gasteiger partial charge in [-0.15, -0.1) is 11.8 Å². The van der Waals surface area contributed by atoms with E-state index in [9.17, 15) is 19.5 Å². The van der Waals surface area contributed by atoms with Crippen LogP contribution < -0.4 is 32.7 Å². The molecule has 0 heterocycles. The number of nitrogens with one attached hydrogen (secondary N) is 4. The van der Waals surface area contributed by atoms with E-state index in [1.807, 2.05) is 6.26 Å². The molecule has 0 saturated heterocycles. The lowest BCUT2D eigenvalue weighted by atomic mass is 10.1. The molecule has 0 saturated carbocycles. The second-order valence-electron chi connectivity index (χ2n) is 5.75. The Morgan fingerprint density at radius 2 is 1.58 bits per heavy atom. The second-order valence-corrected chi connectivity index (χ2v) is 6.61. The van der Waals surface area contributed by atoms with Crippen LogP contribution in [0, 0.1) is 0 Å². The number of hydrogen-bond donors (Lipinski definition) is 7. The topological polar surface area (TPSA) is 172 Å². The van der Waals surface area contributed by atoms with Gasteiger partial charge in [0, 0.05) is 12.9 Å². The Balaban J connectivity index is 5.05. The molecule has 0 rings (SSSR count). The minimum atomic E-state index is -1.20. The number of carbonyl (C=O) groups excluding carboxylic acids is 3. The van der Waals surface area contributed by atoms with Gasteiger partial charge in [-0.1, -0.05) is 0 Å². The molecule has 4 atom stereocenters. The van der Waals surface area contributed by atoms with Gasteiger partial charge in [0.2, 0.25) is 17.7 Å². The SMILES string of the molecule is CNC(=O)C(CCN)NC(=O)C(NC(=O)C(CCN)NCSC)C(C)O. The molecule has 4 unspecified atom stereocenters. The van der Waals surface area contributed by atoms with E-state index < -0.39 is 42.0 Å². The third-order valence-electron chi connectivity index (χ3n) is 3.64. The van der Waals surface area contributed by atoms with E-state index in [0.29, 0.717) is 18.8 Å². The minimum Gasteiger partial charge on any atom is -0.391 e. The molecule has 0 aliphatic carbocycles. The first kappa shape index (κ1) is 24.6. The zero-order chi connectivity index (χ0) is 20.1. The number of nitrogens with two attached hydrogens (primary N) is 2. The summed E-state index contributed by atoms with van der Waals surface area (Å²) >= 11 is 1.51. The van der Waals surface area contributed by atoms with Gasteiger partial charge in [-0.2, -0.15) is 0 Å². The van der Waals surface area contributed by atoms with Gasteiger partial charge in [-0.05, 0) is 39.1 Å². The standard InChI is InChI=1S/C15H32N6O4S/c1-9(22)12(15(25)20-11(5-7-17)13(23)18-2)21-14(24)10(4-6-16)19-8-26-3/h9-12,19,22H,4-8,16-17H2,1-3H3,(H,18,23)(H,20,25)(H,21,24). The van der Waals surface area contributed by atoms with Gasteiger partial charge in [0.25, 0.3) is 0 Å². The summed E-state index contributed by atoms with van der Waals surface area (Å²) in [5.74, 6) is -0.964. The van der Waals surface area contributed by atoms with E-state index in [1.165, 1.54) is 25.7 Å². The van der Waals surface area contributed by atoms with Crippen molar-refractivity contribution in [2.24, 2.45) is 11.5 Å². The highest BCUT2D eigenvalue weighted by Crippen LogP contribution is 2.01. The lowest BCUT2D eigenvalue weighted by molar-refractivity contribution is -0.134. The Morgan fingerprint density at radius 3 is 2.04 bits per heavy atom. The quantitative estimate of drug-likeness (QED) is 0.163. The number of aliphatic hydroxyl groups is 1. The maximum atomic E-state index is 12.5. The number of amides is 3. The van der Waals surface area contributed by atoms with E-state index in [0.717, 1.165) is 0 Å². The molecule has 9 N–H and O–H groups in total. The maximum absolute atomic E-state index is 12.5. The van der Waals surface area contributed by atoms with Crippen LogP contribution in [-0.2, 0) is 14.4 Å². The molecule has 3 amide bonds. The summed E-state index contributed by atoms with van der Waals surface area (Å²) in [5, 5.41) is 20.4. The average molecular weight is 393 g/mol. The third kappa shape index (κ3) is 8.81. The van der Waals surface area contributed by atoms with Crippen LogP contribution in [0.3, 0.4) is 0 Å². The molecule has 0 fully saturated rings. The van der Waals surface area contributed by atoms with Crippen molar-refractivity contribution in [3.05, 3.63) is 0 Å². The molecule has 0 spiro atoms. The summed E-state index contributed by atoms with van der Waals surface area (Å²) in [7, 11) is 1.45. The minimum absolute atomic E-state index is 0.196. The summed E-state index contributed by atoms with van der Waals surface area (Å²) in [6, 6.07) is -2.63. The Labute approximate surface area is 158 Å². The molecule has 10 nitrogen and oxygen atoms in total. The van der Waals surface area contributed by atoms with Gasteiger partial charge < -0.3 is 32.5 Å². The van der Waals surface area contributed by atoms with Gasteiger partial charge in [0.05, 0.1) is 12.1 Å². The largest absolute Gasteiger partial charge is 0.391 e. The zero-order valence-electron chi connectivity index (χ0n) is 15.6. The van der Waals surface area contributed by atoms with E-state index in [1.54, 1.807) is 0 Å². The lowest BCUT2D eigenvalue weighted by Crippen LogP contribution is -2.59. The van der Waals surface area contributed by atoms with Crippen molar-refractivity contribution in [3.8, 4) is 0 Å². The summed E-state index contributed by atoms with van der Waals surface area (Å²) in [6.45, 7) is 1.87. The van der Waals surface area contributed by atoms with Gasteiger partial charge in [0.1, 0.15) is 12.1 Å². The van der Waals surface area contributed by atoms with Crippen LogP contribution >= 0.6 is 11.8 Å². The fraction of sp³-hybridized carbons (Fsp3) is 0.800. The van der Waals surface area contributed by atoms with Crippen LogP contribution in [0.4, 0.5) is 0 Å². The smallest absolute Gasteiger partial charge is 0.245 e. The van der Waals surface area contributed by atoms with Gasteiger partial charge in [-0.25, -0.2) is 0 Å². The normalized spacial score (nSPS) is 15.5. The number of thioether (sulfide) groups is 1. The van der Waals surface area contributed by atoms with E-state index >= 15 is 0 Å². The lowest BCUT2D eigenvalue weighted by Gasteiger charge is -2.26. The summed E-state index contributed by atoms with van der Waals surface area (Å²) < 4.78 is 0. The van der Waals surface area contributed by atoms with E-state index in [4.69, 9.17) is 11.5 Å². The van der Waals surface area contributed by atoms with Gasteiger partial charge >= 0.3 is 0 Å². The number of hydrogen-bond acceptors (Lipinski definition) is 8. The van der Waals surface area contributed by atoms with Crippen LogP contribution in [0.2, 0.25) is 0 Å². The number of rotatable bonds is 13. The Kier molecular flexibility index (Phi) is 13.0. The van der Waals surface area contributed by atoms with Crippen molar-refractivity contribution < 1.29 is 19.5 Å². The number of aliphatic hydroxyl groups excluding tert-OH is 1. The van der Waals surface area contributed by atoms with Gasteiger partial charge in [-0.3, -0.25) is 19.7 Å². The van der Waals surface area contributed by atoms with Crippen molar-refractivity contribution in [3.63, 3.8) is 0 Å². The van der Waals surface area contributed by atoms with Gasteiger partial charge in [0.15, 0.2) is 0 Å². The van der Waals surface area contributed by atoms with Crippen molar-refractivity contribution in [2.45, 2.75) is 44.0 Å². The highest BCUT2D eigenvalue weighted by Gasteiger charge is 2.31. The number of likely N-dealkylation sites (N-methyl/N-ethyl adjacent to an activating group) is 1. The first-order valence-corrected chi connectivity index (χ1v) is 9.84. The molecule has 0 aromatic heterocycles. The molecule has 0 aromatic rings. The first-order chi connectivity index (χ1) is 12.3. The first-order valence-electron chi connectivity index (χ1n) is 8.45. The molecule has 0 aliphatic rings. The van der Waals surface area contributed by atoms with E-state index in [2.05, 4.69) is 21.3 Å². The third-order valence-corrected chi connectivity index (χ3v) is 4.10. The van der Waals surface area contributed by atoms with Crippen LogP contribution in [0.25, 0.3) is 0 Å². The van der Waals surface area contributed by atoms with Crippen LogP contribution in [0.5, 0.6) is 0 Å². The van der Waals surface area contributed by atoms with Crippen LogP contribution in [0.1, 0.15) is 19.8 Å². The molecular formula is C15H32N6O4S. The predicted molar refractivity (Wildman–Crippen MR) is 102 cm³/mol. The average Bonchev–Trinajstić information content (AvgIpc) is 2.61. The Hall–Kier alpha value is -1.40.